The molecule has 4 aromatic rings. The number of amides is 2. The van der Waals surface area contributed by atoms with Gasteiger partial charge in [0, 0.05) is 42.7 Å². The van der Waals surface area contributed by atoms with Crippen LogP contribution in [0.4, 0.5) is 4.39 Å². The van der Waals surface area contributed by atoms with E-state index in [1.165, 1.54) is 24.3 Å². The molecular formula is C29H30FN3O4. The second kappa shape index (κ2) is 11.6. The molecule has 192 valence electrons. The van der Waals surface area contributed by atoms with E-state index >= 15 is 0 Å². The minimum absolute atomic E-state index is 0.221. The molecule has 0 saturated carbocycles. The highest BCUT2D eigenvalue weighted by molar-refractivity contribution is 5.98. The number of benzene rings is 3. The summed E-state index contributed by atoms with van der Waals surface area (Å²) in [6.07, 6.45) is 2.75. The van der Waals surface area contributed by atoms with E-state index in [4.69, 9.17) is 9.47 Å². The zero-order valence-corrected chi connectivity index (χ0v) is 21.1. The molecule has 7 nitrogen and oxygen atoms in total. The smallest absolute Gasteiger partial charge is 0.251 e. The maximum Gasteiger partial charge on any atom is 0.251 e. The van der Waals surface area contributed by atoms with Gasteiger partial charge in [-0.25, -0.2) is 4.39 Å². The lowest BCUT2D eigenvalue weighted by atomic mass is 10.0. The Kier molecular flexibility index (Phi) is 8.08. The number of nitrogens with zero attached hydrogens (tertiary/aromatic N) is 1. The third kappa shape index (κ3) is 6.09. The summed E-state index contributed by atoms with van der Waals surface area (Å²) in [5, 5.41) is 3.86. The molecule has 0 aliphatic heterocycles. The Bertz CT molecular complexity index is 1380. The fraction of sp³-hybridized carbons (Fsp3) is 0.241. The van der Waals surface area contributed by atoms with Crippen LogP contribution in [0, 0.1) is 5.82 Å². The lowest BCUT2D eigenvalue weighted by Crippen LogP contribution is -2.49. The highest BCUT2D eigenvalue weighted by Gasteiger charge is 2.26. The van der Waals surface area contributed by atoms with Gasteiger partial charge in [-0.15, -0.1) is 0 Å². The molecule has 2 amide bonds. The Hall–Kier alpha value is -4.33. The van der Waals surface area contributed by atoms with Crippen molar-refractivity contribution in [2.75, 3.05) is 27.8 Å². The molecule has 0 aliphatic rings. The second-order valence-electron chi connectivity index (χ2n) is 8.80. The van der Waals surface area contributed by atoms with Gasteiger partial charge in [0.15, 0.2) is 11.5 Å². The molecule has 0 bridgehead atoms. The molecular weight excluding hydrogens is 473 g/mol. The number of carbonyl (C=O) groups excluding carboxylic acids is 2. The molecule has 8 heteroatoms. The molecule has 0 fully saturated rings. The molecule has 1 aromatic heterocycles. The first-order valence-corrected chi connectivity index (χ1v) is 12.0. The lowest BCUT2D eigenvalue weighted by Gasteiger charge is -2.25. The first-order chi connectivity index (χ1) is 17.9. The Balaban J connectivity index is 1.52. The standard InChI is InChI=1S/C29H30FN3O4/c1-33(15-14-19-8-13-26(36-2)27(16-19)37-3)29(35)25(32-28(34)20-9-11-22(30)12-10-20)17-21-18-31-24-7-5-4-6-23(21)24/h4-13,16,18,25,31H,14-15,17H2,1-3H3,(H,32,34). The first-order valence-electron chi connectivity index (χ1n) is 12.0. The molecule has 1 atom stereocenters. The van der Waals surface area contributed by atoms with E-state index in [2.05, 4.69) is 10.3 Å². The fourth-order valence-corrected chi connectivity index (χ4v) is 4.27. The number of hydrogen-bond acceptors (Lipinski definition) is 4. The van der Waals surface area contributed by atoms with Crippen molar-refractivity contribution in [3.63, 3.8) is 0 Å². The van der Waals surface area contributed by atoms with Crippen molar-refractivity contribution in [2.24, 2.45) is 0 Å². The topological polar surface area (TPSA) is 83.7 Å². The van der Waals surface area contributed by atoms with Crippen LogP contribution in [0.1, 0.15) is 21.5 Å². The number of ether oxygens (including phenoxy) is 2. The van der Waals surface area contributed by atoms with Crippen LogP contribution in [0.15, 0.2) is 72.9 Å². The van der Waals surface area contributed by atoms with Gasteiger partial charge in [0.05, 0.1) is 14.2 Å². The number of nitrogens with one attached hydrogen (secondary N) is 2. The summed E-state index contributed by atoms with van der Waals surface area (Å²) < 4.78 is 24.0. The summed E-state index contributed by atoms with van der Waals surface area (Å²) in [5.41, 5.74) is 3.14. The zero-order chi connectivity index (χ0) is 26.4. The second-order valence-corrected chi connectivity index (χ2v) is 8.80. The normalized spacial score (nSPS) is 11.7. The summed E-state index contributed by atoms with van der Waals surface area (Å²) in [5.74, 6) is 0.168. The number of halogens is 1. The van der Waals surface area contributed by atoms with Crippen molar-refractivity contribution in [1.82, 2.24) is 15.2 Å². The number of hydrogen-bond donors (Lipinski definition) is 2. The Morgan fingerprint density at radius 1 is 1.00 bits per heavy atom. The third-order valence-electron chi connectivity index (χ3n) is 6.37. The van der Waals surface area contributed by atoms with Gasteiger partial charge in [0.25, 0.3) is 5.91 Å². The third-order valence-corrected chi connectivity index (χ3v) is 6.37. The highest BCUT2D eigenvalue weighted by atomic mass is 19.1. The van der Waals surface area contributed by atoms with Gasteiger partial charge >= 0.3 is 0 Å². The largest absolute Gasteiger partial charge is 0.493 e. The highest BCUT2D eigenvalue weighted by Crippen LogP contribution is 2.28. The number of methoxy groups -OCH3 is 2. The number of H-pyrrole nitrogens is 1. The molecule has 4 rings (SSSR count). The van der Waals surface area contributed by atoms with Crippen LogP contribution >= 0.6 is 0 Å². The number of aromatic amines is 1. The lowest BCUT2D eigenvalue weighted by molar-refractivity contribution is -0.131. The molecule has 3 aromatic carbocycles. The number of para-hydroxylation sites is 1. The summed E-state index contributed by atoms with van der Waals surface area (Å²) in [6.45, 7) is 0.436. The van der Waals surface area contributed by atoms with Crippen LogP contribution in [-0.2, 0) is 17.6 Å². The molecule has 1 heterocycles. The molecule has 0 spiro atoms. The van der Waals surface area contributed by atoms with Crippen molar-refractivity contribution in [3.05, 3.63) is 95.4 Å². The van der Waals surface area contributed by atoms with E-state index in [0.29, 0.717) is 30.9 Å². The summed E-state index contributed by atoms with van der Waals surface area (Å²) in [7, 11) is 4.88. The minimum atomic E-state index is -0.813. The fourth-order valence-electron chi connectivity index (χ4n) is 4.27. The summed E-state index contributed by atoms with van der Waals surface area (Å²) in [6, 6.07) is 17.9. The average molecular weight is 504 g/mol. The average Bonchev–Trinajstić information content (AvgIpc) is 3.33. The monoisotopic (exact) mass is 503 g/mol. The minimum Gasteiger partial charge on any atom is -0.493 e. The maximum atomic E-state index is 13.6. The van der Waals surface area contributed by atoms with E-state index in [1.54, 1.807) is 26.2 Å². The number of fused-ring (bicyclic) bond motifs is 1. The van der Waals surface area contributed by atoms with E-state index in [9.17, 15) is 14.0 Å². The van der Waals surface area contributed by atoms with Crippen LogP contribution in [-0.4, -0.2) is 55.6 Å². The van der Waals surface area contributed by atoms with Crippen molar-refractivity contribution in [3.8, 4) is 11.5 Å². The molecule has 0 saturated heterocycles. The van der Waals surface area contributed by atoms with Crippen molar-refractivity contribution >= 4 is 22.7 Å². The van der Waals surface area contributed by atoms with E-state index < -0.39 is 17.8 Å². The quantitative estimate of drug-likeness (QED) is 0.337. The Morgan fingerprint density at radius 2 is 1.73 bits per heavy atom. The van der Waals surface area contributed by atoms with Crippen molar-refractivity contribution < 1.29 is 23.5 Å². The van der Waals surface area contributed by atoms with Gasteiger partial charge in [-0.1, -0.05) is 24.3 Å². The number of aromatic nitrogens is 1. The number of rotatable bonds is 10. The Morgan fingerprint density at radius 3 is 2.46 bits per heavy atom. The van der Waals surface area contributed by atoms with E-state index in [1.807, 2.05) is 48.7 Å². The molecule has 2 N–H and O–H groups in total. The number of carbonyl (C=O) groups is 2. The van der Waals surface area contributed by atoms with Crippen LogP contribution < -0.4 is 14.8 Å². The van der Waals surface area contributed by atoms with Gasteiger partial charge in [0.1, 0.15) is 11.9 Å². The first kappa shape index (κ1) is 25.8. The maximum absolute atomic E-state index is 13.6. The van der Waals surface area contributed by atoms with Gasteiger partial charge in [-0.2, -0.15) is 0 Å². The van der Waals surface area contributed by atoms with Crippen molar-refractivity contribution in [2.45, 2.75) is 18.9 Å². The SMILES string of the molecule is COc1ccc(CCN(C)C(=O)C(Cc2c[nH]c3ccccc23)NC(=O)c2ccc(F)cc2)cc1OC. The van der Waals surface area contributed by atoms with Gasteiger partial charge in [-0.05, 0) is 60.0 Å². The summed E-state index contributed by atoms with van der Waals surface area (Å²) >= 11 is 0. The summed E-state index contributed by atoms with van der Waals surface area (Å²) in [4.78, 5) is 31.4. The predicted molar refractivity (Wildman–Crippen MR) is 141 cm³/mol. The van der Waals surface area contributed by atoms with E-state index in [0.717, 1.165) is 22.0 Å². The van der Waals surface area contributed by atoms with Crippen LogP contribution in [0.3, 0.4) is 0 Å². The van der Waals surface area contributed by atoms with Gasteiger partial charge in [-0.3, -0.25) is 9.59 Å². The van der Waals surface area contributed by atoms with Crippen molar-refractivity contribution in [1.29, 1.82) is 0 Å². The van der Waals surface area contributed by atoms with Crippen LogP contribution in [0.5, 0.6) is 11.5 Å². The molecule has 1 unspecified atom stereocenters. The van der Waals surface area contributed by atoms with Gasteiger partial charge in [0.2, 0.25) is 5.91 Å². The molecule has 0 aliphatic carbocycles. The van der Waals surface area contributed by atoms with Crippen LogP contribution in [0.2, 0.25) is 0 Å². The Labute approximate surface area is 215 Å². The van der Waals surface area contributed by atoms with Gasteiger partial charge < -0.3 is 24.7 Å². The predicted octanol–water partition coefficient (Wildman–Crippen LogP) is 4.37. The number of likely N-dealkylation sites (N-methyl/N-ethyl adjacent to an activating group) is 1. The zero-order valence-electron chi connectivity index (χ0n) is 21.1. The molecule has 0 radical (unpaired) electrons. The molecule has 37 heavy (non-hydrogen) atoms. The van der Waals surface area contributed by atoms with E-state index in [-0.39, 0.29) is 11.5 Å². The van der Waals surface area contributed by atoms with Crippen LogP contribution in [0.25, 0.3) is 10.9 Å².